The summed E-state index contributed by atoms with van der Waals surface area (Å²) in [5, 5.41) is 16.2. The summed E-state index contributed by atoms with van der Waals surface area (Å²) >= 11 is 0. The summed E-state index contributed by atoms with van der Waals surface area (Å²) in [6.45, 7) is 0. The zero-order valence-corrected chi connectivity index (χ0v) is 31.4. The van der Waals surface area contributed by atoms with Gasteiger partial charge in [-0.05, 0) is 78.9 Å². The van der Waals surface area contributed by atoms with Gasteiger partial charge in [-0.3, -0.25) is 0 Å². The summed E-state index contributed by atoms with van der Waals surface area (Å²) in [6, 6.07) is 64.3. The van der Waals surface area contributed by atoms with Crippen LogP contribution in [-0.4, -0.2) is 24.1 Å². The van der Waals surface area contributed by atoms with E-state index >= 15 is 0 Å². The smallest absolute Gasteiger partial charge is 0.164 e. The number of benzene rings is 8. The van der Waals surface area contributed by atoms with Gasteiger partial charge < -0.3 is 13.6 Å². The molecule has 7 heteroatoms. The van der Waals surface area contributed by atoms with Crippen LogP contribution >= 0.6 is 0 Å². The molecule has 0 radical (unpaired) electrons. The SMILES string of the molecule is N#Cc1cccc(-n2c3ccccc3c3c4oc5c(ccc6c5c5ccccc5n6-c5ccc(-c6nc(-c7ccccc7)nc(-c7ccccc7)n6)cc5)c4ccc32)c1. The maximum absolute atomic E-state index is 9.71. The van der Waals surface area contributed by atoms with Crippen LogP contribution in [0.15, 0.2) is 186 Å². The van der Waals surface area contributed by atoms with E-state index in [1.54, 1.807) is 0 Å². The van der Waals surface area contributed by atoms with Crippen LogP contribution in [0.3, 0.4) is 0 Å². The summed E-state index contributed by atoms with van der Waals surface area (Å²) < 4.78 is 11.6. The minimum atomic E-state index is 0.612. The van der Waals surface area contributed by atoms with Crippen molar-refractivity contribution in [2.24, 2.45) is 0 Å². The largest absolute Gasteiger partial charge is 0.455 e. The van der Waals surface area contributed by atoms with Crippen LogP contribution in [0.25, 0.3) is 111 Å². The average molecular weight is 755 g/mol. The first kappa shape index (κ1) is 32.9. The number of hydrogen-bond acceptors (Lipinski definition) is 5. The fourth-order valence-corrected chi connectivity index (χ4v) is 8.76. The van der Waals surface area contributed by atoms with Gasteiger partial charge in [0.1, 0.15) is 11.2 Å². The molecule has 0 unspecified atom stereocenters. The van der Waals surface area contributed by atoms with E-state index in [9.17, 15) is 5.26 Å². The number of nitriles is 1. The van der Waals surface area contributed by atoms with Crippen molar-refractivity contribution in [1.82, 2.24) is 24.1 Å². The Balaban J connectivity index is 1.04. The molecule has 4 aromatic heterocycles. The number of rotatable bonds is 5. The van der Waals surface area contributed by atoms with Crippen LogP contribution in [0, 0.1) is 11.3 Å². The number of para-hydroxylation sites is 2. The Labute approximate surface area is 337 Å². The molecular weight excluding hydrogens is 725 g/mol. The molecule has 0 spiro atoms. The summed E-state index contributed by atoms with van der Waals surface area (Å²) in [4.78, 5) is 14.8. The molecule has 0 amide bonds. The summed E-state index contributed by atoms with van der Waals surface area (Å²) in [5.41, 5.74) is 11.2. The van der Waals surface area contributed by atoms with E-state index in [-0.39, 0.29) is 0 Å². The highest BCUT2D eigenvalue weighted by Gasteiger charge is 2.23. The summed E-state index contributed by atoms with van der Waals surface area (Å²) in [6.07, 6.45) is 0. The number of fused-ring (bicyclic) bond motifs is 11. The second-order valence-electron chi connectivity index (χ2n) is 14.7. The van der Waals surface area contributed by atoms with E-state index in [0.717, 1.165) is 93.6 Å². The van der Waals surface area contributed by atoms with Crippen molar-refractivity contribution in [3.63, 3.8) is 0 Å². The van der Waals surface area contributed by atoms with Crippen molar-refractivity contribution in [1.29, 1.82) is 5.26 Å². The zero-order chi connectivity index (χ0) is 39.0. The standard InChI is InChI=1S/C52H30N6O/c53-31-32-12-11-17-37(30-32)58-43-21-10-8-19-41(43)47-45(58)29-27-39-38-26-28-44-46(48(38)59-49(39)47)40-18-7-9-20-42(40)57(44)36-24-22-35(23-25-36)52-55-50(33-13-3-1-4-14-33)54-51(56-52)34-15-5-2-6-16-34/h1-30H. The lowest BCUT2D eigenvalue weighted by molar-refractivity contribution is 0.677. The zero-order valence-electron chi connectivity index (χ0n) is 31.4. The van der Waals surface area contributed by atoms with Crippen LogP contribution in [0.2, 0.25) is 0 Å². The lowest BCUT2D eigenvalue weighted by Gasteiger charge is -2.10. The number of aromatic nitrogens is 5. The third-order valence-corrected chi connectivity index (χ3v) is 11.4. The molecule has 0 saturated carbocycles. The highest BCUT2D eigenvalue weighted by Crippen LogP contribution is 2.45. The van der Waals surface area contributed by atoms with Crippen LogP contribution < -0.4 is 0 Å². The maximum Gasteiger partial charge on any atom is 0.164 e. The molecule has 0 aliphatic carbocycles. The van der Waals surface area contributed by atoms with Gasteiger partial charge in [0.05, 0.1) is 44.5 Å². The van der Waals surface area contributed by atoms with Crippen molar-refractivity contribution in [3.8, 4) is 51.6 Å². The Bertz CT molecular complexity index is 3610. The first-order valence-corrected chi connectivity index (χ1v) is 19.5. The molecular formula is C52H30N6O. The lowest BCUT2D eigenvalue weighted by atomic mass is 10.1. The highest BCUT2D eigenvalue weighted by atomic mass is 16.3. The average Bonchev–Trinajstić information content (AvgIpc) is 3.97. The quantitative estimate of drug-likeness (QED) is 0.175. The predicted molar refractivity (Wildman–Crippen MR) is 237 cm³/mol. The van der Waals surface area contributed by atoms with E-state index in [1.807, 2.05) is 78.9 Å². The van der Waals surface area contributed by atoms with E-state index in [4.69, 9.17) is 19.4 Å². The van der Waals surface area contributed by atoms with Crippen molar-refractivity contribution in [2.45, 2.75) is 0 Å². The van der Waals surface area contributed by atoms with Crippen molar-refractivity contribution >= 4 is 65.6 Å². The molecule has 8 aromatic carbocycles. The summed E-state index contributed by atoms with van der Waals surface area (Å²) in [7, 11) is 0. The monoisotopic (exact) mass is 754 g/mol. The number of furan rings is 1. The lowest BCUT2D eigenvalue weighted by Crippen LogP contribution is -2.00. The Hall–Kier alpha value is -8.34. The van der Waals surface area contributed by atoms with Crippen LogP contribution in [0.4, 0.5) is 0 Å². The van der Waals surface area contributed by atoms with Crippen LogP contribution in [-0.2, 0) is 0 Å². The molecule has 0 bridgehead atoms. The third-order valence-electron chi connectivity index (χ3n) is 11.4. The minimum absolute atomic E-state index is 0.612. The second-order valence-corrected chi connectivity index (χ2v) is 14.7. The fourth-order valence-electron chi connectivity index (χ4n) is 8.76. The molecule has 59 heavy (non-hydrogen) atoms. The van der Waals surface area contributed by atoms with Gasteiger partial charge in [-0.25, -0.2) is 15.0 Å². The van der Waals surface area contributed by atoms with Gasteiger partial charge in [0.25, 0.3) is 0 Å². The first-order valence-electron chi connectivity index (χ1n) is 19.5. The first-order chi connectivity index (χ1) is 29.2. The molecule has 7 nitrogen and oxygen atoms in total. The predicted octanol–water partition coefficient (Wildman–Crippen LogP) is 12.8. The van der Waals surface area contributed by atoms with Crippen molar-refractivity contribution < 1.29 is 4.42 Å². The topological polar surface area (TPSA) is 85.5 Å². The molecule has 12 aromatic rings. The number of nitrogens with zero attached hydrogens (tertiary/aromatic N) is 6. The van der Waals surface area contributed by atoms with Gasteiger partial charge >= 0.3 is 0 Å². The third kappa shape index (κ3) is 5.04. The van der Waals surface area contributed by atoms with Crippen molar-refractivity contribution in [3.05, 3.63) is 188 Å². The van der Waals surface area contributed by atoms with Crippen LogP contribution in [0.5, 0.6) is 0 Å². The number of hydrogen-bond donors (Lipinski definition) is 0. The van der Waals surface area contributed by atoms with Gasteiger partial charge in [-0.2, -0.15) is 5.26 Å². The Morgan fingerprint density at radius 1 is 0.390 bits per heavy atom. The van der Waals surface area contributed by atoms with Crippen molar-refractivity contribution in [2.75, 3.05) is 0 Å². The normalized spacial score (nSPS) is 11.7. The minimum Gasteiger partial charge on any atom is -0.455 e. The molecule has 274 valence electrons. The Morgan fingerprint density at radius 3 is 1.39 bits per heavy atom. The van der Waals surface area contributed by atoms with Crippen LogP contribution in [0.1, 0.15) is 5.56 Å². The molecule has 4 heterocycles. The molecule has 0 atom stereocenters. The molecule has 0 aliphatic heterocycles. The van der Waals surface area contributed by atoms with E-state index in [2.05, 4.69) is 118 Å². The molecule has 12 rings (SSSR count). The molecule has 0 saturated heterocycles. The van der Waals surface area contributed by atoms with Gasteiger partial charge in [-0.15, -0.1) is 0 Å². The van der Waals surface area contributed by atoms with Gasteiger partial charge in [0.2, 0.25) is 0 Å². The second kappa shape index (κ2) is 12.8. The Morgan fingerprint density at radius 2 is 0.864 bits per heavy atom. The van der Waals surface area contributed by atoms with E-state index in [1.165, 1.54) is 0 Å². The van der Waals surface area contributed by atoms with Gasteiger partial charge in [0.15, 0.2) is 17.5 Å². The van der Waals surface area contributed by atoms with E-state index in [0.29, 0.717) is 23.0 Å². The molecule has 0 fully saturated rings. The van der Waals surface area contributed by atoms with Gasteiger partial charge in [-0.1, -0.05) is 103 Å². The van der Waals surface area contributed by atoms with Gasteiger partial charge in [0, 0.05) is 49.6 Å². The molecule has 0 aliphatic rings. The highest BCUT2D eigenvalue weighted by molar-refractivity contribution is 6.29. The maximum atomic E-state index is 9.71. The molecule has 0 N–H and O–H groups in total. The summed E-state index contributed by atoms with van der Waals surface area (Å²) in [5.74, 6) is 1.87. The Kier molecular flexibility index (Phi) is 7.16. The van der Waals surface area contributed by atoms with E-state index < -0.39 is 0 Å². The fraction of sp³-hybridized carbons (Fsp3) is 0.